The van der Waals surface area contributed by atoms with Crippen LogP contribution >= 0.6 is 0 Å². The van der Waals surface area contributed by atoms with E-state index in [0.717, 1.165) is 0 Å². The molecule has 1 heterocycles. The van der Waals surface area contributed by atoms with Gasteiger partial charge >= 0.3 is 5.97 Å². The summed E-state index contributed by atoms with van der Waals surface area (Å²) in [6, 6.07) is -0.263. The van der Waals surface area contributed by atoms with Crippen molar-refractivity contribution in [3.63, 3.8) is 0 Å². The van der Waals surface area contributed by atoms with Gasteiger partial charge in [-0.2, -0.15) is 0 Å². The Bertz CT molecular complexity index is 296. The van der Waals surface area contributed by atoms with Gasteiger partial charge in [0.05, 0.1) is 0 Å². The maximum Gasteiger partial charge on any atom is 0.324 e. The first-order chi connectivity index (χ1) is 7.69. The number of ketones is 1. The van der Waals surface area contributed by atoms with E-state index in [1.807, 2.05) is 11.8 Å². The number of rotatable bonds is 4. The Balaban J connectivity index is 2.50. The average molecular weight is 223 g/mol. The molecule has 0 N–H and O–H groups in total. The lowest BCUT2D eigenvalue weighted by atomic mass is 10.1. The molecule has 0 aliphatic carbocycles. The number of likely N-dealkylation sites (tertiary alicyclic amines) is 1. The second-order valence-electron chi connectivity index (χ2n) is 3.81. The van der Waals surface area contributed by atoms with Gasteiger partial charge in [0.2, 0.25) is 0 Å². The van der Waals surface area contributed by atoms with Crippen molar-refractivity contribution in [3.05, 3.63) is 0 Å². The molecule has 0 saturated carbocycles. The van der Waals surface area contributed by atoms with E-state index in [4.69, 9.17) is 11.2 Å². The lowest BCUT2D eigenvalue weighted by Gasteiger charge is -2.31. The lowest BCUT2D eigenvalue weighted by molar-refractivity contribution is -0.150. The number of terminal acetylenes is 1. The van der Waals surface area contributed by atoms with Gasteiger partial charge in [-0.05, 0) is 6.42 Å². The number of nitrogens with zero attached hydrogens (tertiary/aromatic N) is 1. The van der Waals surface area contributed by atoms with Crippen LogP contribution < -0.4 is 0 Å². The zero-order valence-corrected chi connectivity index (χ0v) is 9.57. The van der Waals surface area contributed by atoms with Crippen molar-refractivity contribution in [1.29, 1.82) is 0 Å². The van der Waals surface area contributed by atoms with Gasteiger partial charge in [0.1, 0.15) is 11.8 Å². The standard InChI is InChI=1S/C12H17NO3/c1-3-9-16-12(15)11(4-2)13-7-5-10(14)6-8-13/h1,11H,4-9H2,2H3. The predicted octanol–water partition coefficient (Wildman–Crippen LogP) is 0.606. The molecule has 0 radical (unpaired) electrons. The van der Waals surface area contributed by atoms with E-state index in [-0.39, 0.29) is 24.4 Å². The van der Waals surface area contributed by atoms with Gasteiger partial charge in [-0.25, -0.2) is 0 Å². The summed E-state index contributed by atoms with van der Waals surface area (Å²) in [5, 5.41) is 0. The highest BCUT2D eigenvalue weighted by Crippen LogP contribution is 2.13. The zero-order chi connectivity index (χ0) is 12.0. The third-order valence-electron chi connectivity index (χ3n) is 2.75. The summed E-state index contributed by atoms with van der Waals surface area (Å²) in [6.07, 6.45) is 6.76. The summed E-state index contributed by atoms with van der Waals surface area (Å²) >= 11 is 0. The van der Waals surface area contributed by atoms with Crippen LogP contribution in [0.2, 0.25) is 0 Å². The number of Topliss-reactive ketones (excluding diaryl/α,β-unsaturated/α-hetero) is 1. The Hall–Kier alpha value is -1.34. The molecule has 1 fully saturated rings. The van der Waals surface area contributed by atoms with Gasteiger partial charge in [0.25, 0.3) is 0 Å². The van der Waals surface area contributed by atoms with E-state index in [9.17, 15) is 9.59 Å². The molecular formula is C12H17NO3. The monoisotopic (exact) mass is 223 g/mol. The van der Waals surface area contributed by atoms with Crippen LogP contribution in [0.1, 0.15) is 26.2 Å². The van der Waals surface area contributed by atoms with E-state index in [1.54, 1.807) is 0 Å². The van der Waals surface area contributed by atoms with Crippen molar-refractivity contribution in [1.82, 2.24) is 4.90 Å². The molecular weight excluding hydrogens is 206 g/mol. The molecule has 4 nitrogen and oxygen atoms in total. The first kappa shape index (κ1) is 12.7. The third-order valence-corrected chi connectivity index (χ3v) is 2.75. The molecule has 0 amide bonds. The first-order valence-electron chi connectivity index (χ1n) is 5.55. The van der Waals surface area contributed by atoms with Crippen LogP contribution in [-0.4, -0.2) is 42.4 Å². The van der Waals surface area contributed by atoms with E-state index in [0.29, 0.717) is 32.4 Å². The fraction of sp³-hybridized carbons (Fsp3) is 0.667. The lowest BCUT2D eigenvalue weighted by Crippen LogP contribution is -2.46. The van der Waals surface area contributed by atoms with Crippen molar-refractivity contribution in [3.8, 4) is 12.3 Å². The fourth-order valence-electron chi connectivity index (χ4n) is 1.87. The normalized spacial score (nSPS) is 18.9. The number of carbonyl (C=O) groups is 2. The SMILES string of the molecule is C#CCOC(=O)C(CC)N1CCC(=O)CC1. The van der Waals surface area contributed by atoms with Crippen molar-refractivity contribution in [2.75, 3.05) is 19.7 Å². The van der Waals surface area contributed by atoms with Crippen molar-refractivity contribution < 1.29 is 14.3 Å². The summed E-state index contributed by atoms with van der Waals surface area (Å²) in [5.74, 6) is 2.26. The fourth-order valence-corrected chi connectivity index (χ4v) is 1.87. The Morgan fingerprint density at radius 1 is 1.56 bits per heavy atom. The molecule has 1 saturated heterocycles. The minimum absolute atomic E-state index is 0.0160. The minimum Gasteiger partial charge on any atom is -0.451 e. The van der Waals surface area contributed by atoms with Crippen LogP contribution in [0.5, 0.6) is 0 Å². The molecule has 1 unspecified atom stereocenters. The quantitative estimate of drug-likeness (QED) is 0.517. The Morgan fingerprint density at radius 3 is 2.69 bits per heavy atom. The second-order valence-corrected chi connectivity index (χ2v) is 3.81. The number of piperidine rings is 1. The van der Waals surface area contributed by atoms with Crippen molar-refractivity contribution >= 4 is 11.8 Å². The molecule has 0 spiro atoms. The van der Waals surface area contributed by atoms with E-state index in [1.165, 1.54) is 0 Å². The van der Waals surface area contributed by atoms with Gasteiger partial charge in [-0.3, -0.25) is 14.5 Å². The average Bonchev–Trinajstić information content (AvgIpc) is 2.30. The highest BCUT2D eigenvalue weighted by molar-refractivity contribution is 5.80. The van der Waals surface area contributed by atoms with E-state index < -0.39 is 0 Å². The number of hydrogen-bond acceptors (Lipinski definition) is 4. The second kappa shape index (κ2) is 6.29. The molecule has 4 heteroatoms. The van der Waals surface area contributed by atoms with Gasteiger partial charge < -0.3 is 4.74 Å². The Labute approximate surface area is 95.9 Å². The van der Waals surface area contributed by atoms with Crippen LogP contribution in [-0.2, 0) is 14.3 Å². The smallest absolute Gasteiger partial charge is 0.324 e. The van der Waals surface area contributed by atoms with Crippen LogP contribution in [0, 0.1) is 12.3 Å². The largest absolute Gasteiger partial charge is 0.451 e. The van der Waals surface area contributed by atoms with Gasteiger partial charge in [0.15, 0.2) is 6.61 Å². The molecule has 1 rings (SSSR count). The summed E-state index contributed by atoms with van der Waals surface area (Å²) in [4.78, 5) is 24.8. The van der Waals surface area contributed by atoms with Gasteiger partial charge in [-0.1, -0.05) is 12.8 Å². The molecule has 0 aromatic rings. The number of carbonyl (C=O) groups excluding carboxylic acids is 2. The van der Waals surface area contributed by atoms with E-state index >= 15 is 0 Å². The van der Waals surface area contributed by atoms with Crippen molar-refractivity contribution in [2.45, 2.75) is 32.2 Å². The first-order valence-corrected chi connectivity index (χ1v) is 5.55. The highest BCUT2D eigenvalue weighted by Gasteiger charge is 2.28. The number of esters is 1. The van der Waals surface area contributed by atoms with Crippen LogP contribution in [0.25, 0.3) is 0 Å². The minimum atomic E-state index is -0.283. The molecule has 0 aromatic carbocycles. The maximum atomic E-state index is 11.7. The van der Waals surface area contributed by atoms with Gasteiger partial charge in [-0.15, -0.1) is 6.42 Å². The molecule has 1 aliphatic rings. The molecule has 1 atom stereocenters. The highest BCUT2D eigenvalue weighted by atomic mass is 16.5. The predicted molar refractivity (Wildman–Crippen MR) is 59.7 cm³/mol. The van der Waals surface area contributed by atoms with E-state index in [2.05, 4.69) is 5.92 Å². The molecule has 1 aliphatic heterocycles. The molecule has 16 heavy (non-hydrogen) atoms. The Kier molecular flexibility index (Phi) is 5.00. The summed E-state index contributed by atoms with van der Waals surface area (Å²) < 4.78 is 4.92. The van der Waals surface area contributed by atoms with Gasteiger partial charge in [0, 0.05) is 25.9 Å². The third kappa shape index (κ3) is 3.35. The number of ether oxygens (including phenoxy) is 1. The summed E-state index contributed by atoms with van der Waals surface area (Å²) in [5.41, 5.74) is 0. The summed E-state index contributed by atoms with van der Waals surface area (Å²) in [6.45, 7) is 3.23. The molecule has 0 aromatic heterocycles. The topological polar surface area (TPSA) is 46.6 Å². The van der Waals surface area contributed by atoms with Crippen molar-refractivity contribution in [2.24, 2.45) is 0 Å². The maximum absolute atomic E-state index is 11.7. The van der Waals surface area contributed by atoms with Crippen LogP contribution in [0.4, 0.5) is 0 Å². The number of hydrogen-bond donors (Lipinski definition) is 0. The molecule has 0 bridgehead atoms. The zero-order valence-electron chi connectivity index (χ0n) is 9.57. The van der Waals surface area contributed by atoms with Crippen LogP contribution in [0.15, 0.2) is 0 Å². The molecule has 88 valence electrons. The Morgan fingerprint density at radius 2 is 2.19 bits per heavy atom. The summed E-state index contributed by atoms with van der Waals surface area (Å²) in [7, 11) is 0. The van der Waals surface area contributed by atoms with Crippen LogP contribution in [0.3, 0.4) is 0 Å².